The van der Waals surface area contributed by atoms with Crippen LogP contribution in [0.1, 0.15) is 79.6 Å². The molecule has 0 aromatic heterocycles. The van der Waals surface area contributed by atoms with Crippen LogP contribution >= 0.6 is 0 Å². The number of hydrogen-bond acceptors (Lipinski definition) is 4. The highest BCUT2D eigenvalue weighted by molar-refractivity contribution is 7.88. The summed E-state index contributed by atoms with van der Waals surface area (Å²) in [4.78, 5) is 2.34. The number of rotatable bonds is 2. The summed E-state index contributed by atoms with van der Waals surface area (Å²) in [6, 6.07) is 0. The Morgan fingerprint density at radius 3 is 2.41 bits per heavy atom. The van der Waals surface area contributed by atoms with Crippen LogP contribution in [-0.4, -0.2) is 31.1 Å². The Labute approximate surface area is 176 Å². The fourth-order valence-corrected chi connectivity index (χ4v) is 8.10. The molecule has 0 unspecified atom stereocenters. The lowest BCUT2D eigenvalue weighted by atomic mass is 9.44. The van der Waals surface area contributed by atoms with Gasteiger partial charge in [0, 0.05) is 0 Å². The molecule has 0 radical (unpaired) electrons. The minimum Gasteiger partial charge on any atom is -0.390 e. The number of fused-ring (bicyclic) bond motifs is 5. The lowest BCUT2D eigenvalue weighted by Gasteiger charge is -2.61. The lowest BCUT2D eigenvalue weighted by Crippen LogP contribution is -2.56. The monoisotopic (exact) mass is 422 g/mol. The van der Waals surface area contributed by atoms with Crippen molar-refractivity contribution in [3.8, 4) is 0 Å². The summed E-state index contributed by atoms with van der Waals surface area (Å²) in [6.45, 7) is 11.4. The summed E-state index contributed by atoms with van der Waals surface area (Å²) in [6.07, 6.45) is 8.44. The van der Waals surface area contributed by atoms with Gasteiger partial charge in [-0.3, -0.25) is 0 Å². The van der Waals surface area contributed by atoms with E-state index in [0.717, 1.165) is 50.5 Å². The average Bonchev–Trinajstić information content (AvgIpc) is 2.85. The lowest BCUT2D eigenvalue weighted by molar-refractivity contribution is -0.128. The van der Waals surface area contributed by atoms with Crippen LogP contribution in [0.25, 0.3) is 0 Å². The zero-order chi connectivity index (χ0) is 21.4. The first-order valence-electron chi connectivity index (χ1n) is 11.3. The van der Waals surface area contributed by atoms with Crippen LogP contribution in [0.2, 0.25) is 0 Å². The topological polar surface area (TPSA) is 78.8 Å². The molecule has 5 nitrogen and oxygen atoms in total. The highest BCUT2D eigenvalue weighted by Gasteiger charge is 2.63. The van der Waals surface area contributed by atoms with E-state index in [1.807, 2.05) is 0 Å². The Morgan fingerprint density at radius 1 is 1.10 bits per heavy atom. The molecule has 0 bridgehead atoms. The van der Waals surface area contributed by atoms with Crippen molar-refractivity contribution in [3.05, 3.63) is 11.1 Å². The highest BCUT2D eigenvalue weighted by atomic mass is 32.2. The molecule has 4 aliphatic carbocycles. The minimum absolute atomic E-state index is 0.0374. The summed E-state index contributed by atoms with van der Waals surface area (Å²) in [5.74, 6) is 2.50. The molecule has 0 saturated heterocycles. The van der Waals surface area contributed by atoms with Gasteiger partial charge in [-0.2, -0.15) is 5.10 Å². The van der Waals surface area contributed by atoms with Crippen LogP contribution in [-0.2, 0) is 10.0 Å². The van der Waals surface area contributed by atoms with Crippen LogP contribution < -0.4 is 4.83 Å². The maximum absolute atomic E-state index is 11.5. The quantitative estimate of drug-likeness (QED) is 0.653. The predicted molar refractivity (Wildman–Crippen MR) is 117 cm³/mol. The van der Waals surface area contributed by atoms with Crippen molar-refractivity contribution >= 4 is 15.7 Å². The molecule has 0 amide bonds. The molecule has 7 atom stereocenters. The standard InChI is InChI=1S/C23H38N2O3S/c1-14-13-18-15(2)19(24-25-29(6,27)28)9-10-21(18,3)16-7-11-22(4)17(20(14)16)8-12-23(22,5)26/h14,16-17,20,25-26H,7-13H2,1-6H3/b24-19+/t14-,16+,17+,20-,21-,22+,23+/m1/s1. The van der Waals surface area contributed by atoms with Gasteiger partial charge in [-0.1, -0.05) is 26.3 Å². The van der Waals surface area contributed by atoms with Crippen molar-refractivity contribution in [2.45, 2.75) is 85.2 Å². The van der Waals surface area contributed by atoms with E-state index < -0.39 is 15.6 Å². The van der Waals surface area contributed by atoms with Crippen LogP contribution in [0.3, 0.4) is 0 Å². The Hall–Kier alpha value is -0.880. The summed E-state index contributed by atoms with van der Waals surface area (Å²) in [7, 11) is -3.33. The summed E-state index contributed by atoms with van der Waals surface area (Å²) < 4.78 is 23.0. The summed E-state index contributed by atoms with van der Waals surface area (Å²) in [5, 5.41) is 15.4. The first-order chi connectivity index (χ1) is 13.3. The second-order valence-electron chi connectivity index (χ2n) is 11.2. The molecule has 3 saturated carbocycles. The van der Waals surface area contributed by atoms with Gasteiger partial charge in [-0.05, 0) is 98.9 Å². The number of nitrogens with zero attached hydrogens (tertiary/aromatic N) is 1. The molecule has 164 valence electrons. The van der Waals surface area contributed by atoms with E-state index in [4.69, 9.17) is 0 Å². The first-order valence-corrected chi connectivity index (χ1v) is 13.2. The largest absolute Gasteiger partial charge is 0.390 e. The molecule has 2 N–H and O–H groups in total. The third kappa shape index (κ3) is 3.12. The number of nitrogens with one attached hydrogen (secondary N) is 1. The molecular weight excluding hydrogens is 384 g/mol. The van der Waals surface area contributed by atoms with Gasteiger partial charge in [0.1, 0.15) is 0 Å². The Morgan fingerprint density at radius 2 is 1.76 bits per heavy atom. The maximum atomic E-state index is 11.5. The highest BCUT2D eigenvalue weighted by Crippen LogP contribution is 2.68. The zero-order valence-corrected chi connectivity index (χ0v) is 19.7. The van der Waals surface area contributed by atoms with Gasteiger partial charge >= 0.3 is 0 Å². The Kier molecular flexibility index (Phi) is 4.83. The SMILES string of the molecule is CC1=C2C[C@@H](C)[C@@H]3[C@H](CC[C@@]4(C)[C@H]3CC[C@]4(C)O)[C@@]2(C)CC/C1=N\NS(C)(=O)=O. The number of allylic oxidation sites excluding steroid dienone is 2. The fraction of sp³-hybridized carbons (Fsp3) is 0.870. The van der Waals surface area contributed by atoms with Crippen molar-refractivity contribution < 1.29 is 13.5 Å². The van der Waals surface area contributed by atoms with Gasteiger partial charge in [0.2, 0.25) is 10.0 Å². The van der Waals surface area contributed by atoms with Crippen LogP contribution in [0.5, 0.6) is 0 Å². The van der Waals surface area contributed by atoms with Crippen molar-refractivity contribution in [1.29, 1.82) is 0 Å². The molecule has 0 heterocycles. The molecule has 0 spiro atoms. The zero-order valence-electron chi connectivity index (χ0n) is 18.9. The molecule has 29 heavy (non-hydrogen) atoms. The van der Waals surface area contributed by atoms with Crippen molar-refractivity contribution in [2.75, 3.05) is 6.26 Å². The minimum atomic E-state index is -3.33. The third-order valence-corrected chi connectivity index (χ3v) is 10.1. The predicted octanol–water partition coefficient (Wildman–Crippen LogP) is 4.24. The van der Waals surface area contributed by atoms with Gasteiger partial charge < -0.3 is 5.11 Å². The Balaban J connectivity index is 1.70. The van der Waals surface area contributed by atoms with Gasteiger partial charge in [-0.15, -0.1) is 0 Å². The molecular formula is C23H38N2O3S. The smallest absolute Gasteiger partial charge is 0.244 e. The van der Waals surface area contributed by atoms with E-state index in [1.54, 1.807) is 0 Å². The van der Waals surface area contributed by atoms with E-state index in [0.29, 0.717) is 23.7 Å². The molecule has 4 rings (SSSR count). The molecule has 0 aromatic rings. The van der Waals surface area contributed by atoms with Crippen molar-refractivity contribution in [1.82, 2.24) is 4.83 Å². The Bertz CT molecular complexity index is 875. The number of aliphatic hydroxyl groups is 1. The molecule has 6 heteroatoms. The van der Waals surface area contributed by atoms with E-state index in [2.05, 4.69) is 44.6 Å². The van der Waals surface area contributed by atoms with Gasteiger partial charge in [0.05, 0.1) is 17.6 Å². The van der Waals surface area contributed by atoms with Crippen molar-refractivity contribution in [2.24, 2.45) is 39.6 Å². The first kappa shape index (κ1) is 21.4. The molecule has 0 aromatic carbocycles. The molecule has 4 aliphatic rings. The van der Waals surface area contributed by atoms with E-state index >= 15 is 0 Å². The molecule has 3 fully saturated rings. The van der Waals surface area contributed by atoms with Crippen LogP contribution in [0.4, 0.5) is 0 Å². The second-order valence-corrected chi connectivity index (χ2v) is 12.9. The van der Waals surface area contributed by atoms with E-state index in [-0.39, 0.29) is 10.8 Å². The second kappa shape index (κ2) is 6.56. The average molecular weight is 423 g/mol. The maximum Gasteiger partial charge on any atom is 0.244 e. The van der Waals surface area contributed by atoms with E-state index in [1.165, 1.54) is 17.6 Å². The van der Waals surface area contributed by atoms with Gasteiger partial charge in [-0.25, -0.2) is 13.2 Å². The van der Waals surface area contributed by atoms with Crippen molar-refractivity contribution in [3.63, 3.8) is 0 Å². The van der Waals surface area contributed by atoms with E-state index in [9.17, 15) is 13.5 Å². The van der Waals surface area contributed by atoms with Gasteiger partial charge in [0.25, 0.3) is 0 Å². The van der Waals surface area contributed by atoms with Crippen LogP contribution in [0.15, 0.2) is 16.2 Å². The summed E-state index contributed by atoms with van der Waals surface area (Å²) in [5.41, 5.74) is 3.26. The number of hydrazone groups is 1. The fourth-order valence-electron chi connectivity index (χ4n) is 7.83. The number of sulfonamides is 1. The van der Waals surface area contributed by atoms with Crippen LogP contribution in [0, 0.1) is 34.5 Å². The summed E-state index contributed by atoms with van der Waals surface area (Å²) >= 11 is 0. The number of hydrogen-bond donors (Lipinski definition) is 2. The normalized spacial score (nSPS) is 48.9. The third-order valence-electron chi connectivity index (χ3n) is 9.70. The molecule has 0 aliphatic heterocycles. The van der Waals surface area contributed by atoms with Gasteiger partial charge in [0.15, 0.2) is 0 Å².